The molecule has 1 aromatic rings. The van der Waals surface area contributed by atoms with Gasteiger partial charge in [0.05, 0.1) is 16.2 Å². The molecule has 1 heterocycles. The summed E-state index contributed by atoms with van der Waals surface area (Å²) in [6.07, 6.45) is 2.68. The Hall–Kier alpha value is -1.45. The molecule has 1 atom stereocenters. The van der Waals surface area contributed by atoms with Crippen molar-refractivity contribution in [2.75, 3.05) is 12.8 Å². The predicted octanol–water partition coefficient (Wildman–Crippen LogP) is 1.72. The number of carboxylic acid groups (broad SMARTS) is 1. The Morgan fingerprint density at radius 3 is 2.32 bits per heavy atom. The number of nitrogens with zero attached hydrogens (tertiary/aromatic N) is 1. The molecule has 1 fully saturated rings. The van der Waals surface area contributed by atoms with Gasteiger partial charge in [-0.15, -0.1) is 0 Å². The Morgan fingerprint density at radius 1 is 1.16 bits per heavy atom. The van der Waals surface area contributed by atoms with Gasteiger partial charge in [0.1, 0.15) is 0 Å². The number of carbonyl (C=O) groups is 1. The highest BCUT2D eigenvalue weighted by atomic mass is 32.2. The fourth-order valence-electron chi connectivity index (χ4n) is 3.27. The van der Waals surface area contributed by atoms with Gasteiger partial charge in [-0.2, -0.15) is 4.31 Å². The molecule has 0 amide bonds. The maximum Gasteiger partial charge on any atom is 0.304 e. The first-order valence-electron chi connectivity index (χ1n) is 7.99. The van der Waals surface area contributed by atoms with Crippen LogP contribution >= 0.6 is 0 Å². The van der Waals surface area contributed by atoms with E-state index in [-0.39, 0.29) is 28.3 Å². The van der Waals surface area contributed by atoms with Crippen LogP contribution in [0.5, 0.6) is 0 Å². The number of sulfone groups is 1. The van der Waals surface area contributed by atoms with Crippen LogP contribution in [-0.2, 0) is 24.7 Å². The van der Waals surface area contributed by atoms with Crippen LogP contribution in [0.25, 0.3) is 0 Å². The van der Waals surface area contributed by atoms with Gasteiger partial charge in [-0.1, -0.05) is 6.42 Å². The van der Waals surface area contributed by atoms with E-state index in [1.54, 1.807) is 6.92 Å². The topological polar surface area (TPSA) is 109 Å². The van der Waals surface area contributed by atoms with Crippen molar-refractivity contribution >= 4 is 25.8 Å². The lowest BCUT2D eigenvalue weighted by molar-refractivity contribution is -0.138. The molecule has 0 saturated carbocycles. The molecule has 0 bridgehead atoms. The second-order valence-electron chi connectivity index (χ2n) is 6.52. The molecule has 9 heteroatoms. The molecule has 0 aromatic heterocycles. The van der Waals surface area contributed by atoms with Crippen molar-refractivity contribution in [3.63, 3.8) is 0 Å². The zero-order valence-electron chi connectivity index (χ0n) is 14.5. The summed E-state index contributed by atoms with van der Waals surface area (Å²) in [6.45, 7) is 3.35. The zero-order chi connectivity index (χ0) is 19.0. The van der Waals surface area contributed by atoms with E-state index in [0.717, 1.165) is 12.7 Å². The van der Waals surface area contributed by atoms with Crippen LogP contribution in [0.1, 0.15) is 36.8 Å². The molecule has 1 aromatic carbocycles. The van der Waals surface area contributed by atoms with E-state index in [0.29, 0.717) is 18.4 Å². The summed E-state index contributed by atoms with van der Waals surface area (Å²) in [5.74, 6) is -1.05. The van der Waals surface area contributed by atoms with Crippen LogP contribution in [0, 0.1) is 13.8 Å². The van der Waals surface area contributed by atoms with Gasteiger partial charge in [0.25, 0.3) is 0 Å². The smallest absolute Gasteiger partial charge is 0.304 e. The van der Waals surface area contributed by atoms with Gasteiger partial charge in [0, 0.05) is 18.8 Å². The van der Waals surface area contributed by atoms with Gasteiger partial charge in [-0.05, 0) is 49.9 Å². The standard InChI is InChI=1S/C16H23NO6S2/c1-11-8-14(24(3,20)21)12(2)15(9-11)25(22,23)17-7-5-4-6-13(17)10-16(18)19/h8-9,13H,4-7,10H2,1-3H3,(H,18,19). The Bertz CT molecular complexity index is 889. The summed E-state index contributed by atoms with van der Waals surface area (Å²) in [4.78, 5) is 11.0. The van der Waals surface area contributed by atoms with Gasteiger partial charge in [0.2, 0.25) is 10.0 Å². The fraction of sp³-hybridized carbons (Fsp3) is 0.562. The highest BCUT2D eigenvalue weighted by molar-refractivity contribution is 7.91. The highest BCUT2D eigenvalue weighted by Gasteiger charge is 2.36. The fourth-order valence-corrected chi connectivity index (χ4v) is 6.43. The van der Waals surface area contributed by atoms with Crippen molar-refractivity contribution in [1.29, 1.82) is 0 Å². The van der Waals surface area contributed by atoms with Crippen molar-refractivity contribution in [2.24, 2.45) is 0 Å². The third kappa shape index (κ3) is 4.21. The number of hydrogen-bond donors (Lipinski definition) is 1. The van der Waals surface area contributed by atoms with Gasteiger partial charge in [0.15, 0.2) is 9.84 Å². The predicted molar refractivity (Wildman–Crippen MR) is 92.8 cm³/mol. The third-order valence-corrected chi connectivity index (χ3v) is 7.73. The Balaban J connectivity index is 2.59. The molecule has 1 N–H and O–H groups in total. The van der Waals surface area contributed by atoms with Crippen LogP contribution in [0.15, 0.2) is 21.9 Å². The molecular formula is C16H23NO6S2. The van der Waals surface area contributed by atoms with Crippen molar-refractivity contribution in [3.05, 3.63) is 23.3 Å². The average molecular weight is 389 g/mol. The van der Waals surface area contributed by atoms with E-state index in [1.165, 1.54) is 23.4 Å². The molecule has 25 heavy (non-hydrogen) atoms. The van der Waals surface area contributed by atoms with Crippen LogP contribution in [0.4, 0.5) is 0 Å². The van der Waals surface area contributed by atoms with E-state index < -0.39 is 31.9 Å². The maximum atomic E-state index is 13.2. The van der Waals surface area contributed by atoms with Crippen LogP contribution < -0.4 is 0 Å². The molecule has 1 aliphatic rings. The first kappa shape index (κ1) is 19.9. The summed E-state index contributed by atoms with van der Waals surface area (Å²) < 4.78 is 51.5. The summed E-state index contributed by atoms with van der Waals surface area (Å²) in [5, 5.41) is 9.07. The lowest BCUT2D eigenvalue weighted by Crippen LogP contribution is -2.44. The highest BCUT2D eigenvalue weighted by Crippen LogP contribution is 2.31. The number of sulfonamides is 1. The minimum absolute atomic E-state index is 0.0159. The Labute approximate surface area is 148 Å². The summed E-state index contributed by atoms with van der Waals surface area (Å²) >= 11 is 0. The van der Waals surface area contributed by atoms with E-state index in [1.807, 2.05) is 0 Å². The minimum Gasteiger partial charge on any atom is -0.481 e. The monoisotopic (exact) mass is 389 g/mol. The van der Waals surface area contributed by atoms with Crippen molar-refractivity contribution < 1.29 is 26.7 Å². The normalized spacial score (nSPS) is 19.7. The number of rotatable bonds is 5. The molecular weight excluding hydrogens is 366 g/mol. The maximum absolute atomic E-state index is 13.2. The lowest BCUT2D eigenvalue weighted by atomic mass is 10.0. The molecule has 2 rings (SSSR count). The Morgan fingerprint density at radius 2 is 1.76 bits per heavy atom. The molecule has 1 saturated heterocycles. The van der Waals surface area contributed by atoms with Crippen molar-refractivity contribution in [2.45, 2.75) is 55.4 Å². The van der Waals surface area contributed by atoms with Crippen molar-refractivity contribution in [1.82, 2.24) is 4.31 Å². The molecule has 7 nitrogen and oxygen atoms in total. The Kier molecular flexibility index (Phi) is 5.60. The molecule has 0 spiro atoms. The first-order chi connectivity index (χ1) is 11.4. The van der Waals surface area contributed by atoms with Crippen LogP contribution in [0.2, 0.25) is 0 Å². The lowest BCUT2D eigenvalue weighted by Gasteiger charge is -2.34. The van der Waals surface area contributed by atoms with Crippen molar-refractivity contribution in [3.8, 4) is 0 Å². The average Bonchev–Trinajstić information content (AvgIpc) is 2.47. The number of benzene rings is 1. The molecule has 0 aliphatic carbocycles. The molecule has 140 valence electrons. The van der Waals surface area contributed by atoms with E-state index >= 15 is 0 Å². The quantitative estimate of drug-likeness (QED) is 0.821. The summed E-state index contributed by atoms with van der Waals surface area (Å²) in [7, 11) is -7.57. The minimum atomic E-state index is -3.99. The number of hydrogen-bond acceptors (Lipinski definition) is 5. The third-order valence-electron chi connectivity index (χ3n) is 4.43. The van der Waals surface area contributed by atoms with E-state index in [9.17, 15) is 21.6 Å². The number of piperidine rings is 1. The SMILES string of the molecule is Cc1cc(S(C)(=O)=O)c(C)c(S(=O)(=O)N2CCCCC2CC(=O)O)c1. The molecule has 1 aliphatic heterocycles. The zero-order valence-corrected chi connectivity index (χ0v) is 16.2. The largest absolute Gasteiger partial charge is 0.481 e. The van der Waals surface area contributed by atoms with E-state index in [2.05, 4.69) is 0 Å². The number of aryl methyl sites for hydroxylation is 1. The summed E-state index contributed by atoms with van der Waals surface area (Å²) in [5.41, 5.74) is 0.698. The van der Waals surface area contributed by atoms with Gasteiger partial charge < -0.3 is 5.11 Å². The second-order valence-corrected chi connectivity index (χ2v) is 10.4. The van der Waals surface area contributed by atoms with Gasteiger partial charge >= 0.3 is 5.97 Å². The van der Waals surface area contributed by atoms with Gasteiger partial charge in [-0.3, -0.25) is 4.79 Å². The molecule has 1 unspecified atom stereocenters. The van der Waals surface area contributed by atoms with Crippen LogP contribution in [-0.4, -0.2) is 51.1 Å². The van der Waals surface area contributed by atoms with Crippen LogP contribution in [0.3, 0.4) is 0 Å². The second kappa shape index (κ2) is 7.05. The number of aliphatic carboxylic acids is 1. The van der Waals surface area contributed by atoms with Gasteiger partial charge in [-0.25, -0.2) is 16.8 Å². The molecule has 0 radical (unpaired) electrons. The first-order valence-corrected chi connectivity index (χ1v) is 11.3. The number of carboxylic acids is 1. The summed E-state index contributed by atoms with van der Waals surface area (Å²) in [6, 6.07) is 2.29. The van der Waals surface area contributed by atoms with E-state index in [4.69, 9.17) is 5.11 Å².